The Balaban J connectivity index is 1.79. The molecule has 0 aromatic carbocycles. The molecule has 0 spiro atoms. The molecule has 2 rings (SSSR count). The van der Waals surface area contributed by atoms with Gasteiger partial charge in [-0.15, -0.1) is 5.10 Å². The third kappa shape index (κ3) is 3.46. The highest BCUT2D eigenvalue weighted by Crippen LogP contribution is 2.36. The van der Waals surface area contributed by atoms with Gasteiger partial charge in [0.1, 0.15) is 5.78 Å². The Morgan fingerprint density at radius 1 is 1.53 bits per heavy atom. The molecule has 1 fully saturated rings. The van der Waals surface area contributed by atoms with Crippen LogP contribution in [0.15, 0.2) is 9.95 Å². The molecular formula is C11H17N3O2S. The Bertz CT molecular complexity index is 448. The molecule has 1 aliphatic rings. The second-order valence-corrected chi connectivity index (χ2v) is 5.48. The van der Waals surface area contributed by atoms with E-state index in [1.165, 1.54) is 0 Å². The van der Waals surface area contributed by atoms with Crippen molar-refractivity contribution in [2.75, 3.05) is 5.75 Å². The lowest BCUT2D eigenvalue weighted by molar-refractivity contribution is -0.117. The van der Waals surface area contributed by atoms with Gasteiger partial charge in [0.05, 0.1) is 0 Å². The fraction of sp³-hybridized carbons (Fsp3) is 0.727. The van der Waals surface area contributed by atoms with E-state index in [1.807, 2.05) is 0 Å². The highest BCUT2D eigenvalue weighted by Gasteiger charge is 2.28. The molecule has 0 saturated heterocycles. The zero-order valence-corrected chi connectivity index (χ0v) is 10.8. The van der Waals surface area contributed by atoms with Crippen LogP contribution < -0.4 is 5.69 Å². The van der Waals surface area contributed by atoms with E-state index in [0.717, 1.165) is 36.6 Å². The SMILES string of the molecule is CC(=O)CCCCSc1n[nH]c(=O)n1C1CC1. The van der Waals surface area contributed by atoms with Crippen LogP contribution in [0.1, 0.15) is 45.1 Å². The number of hydrogen-bond acceptors (Lipinski definition) is 4. The van der Waals surface area contributed by atoms with Gasteiger partial charge in [-0.2, -0.15) is 0 Å². The number of hydrogen-bond donors (Lipinski definition) is 1. The number of carbonyl (C=O) groups is 1. The van der Waals surface area contributed by atoms with Crippen LogP contribution in [0, 0.1) is 0 Å². The molecule has 1 heterocycles. The molecule has 0 amide bonds. The standard InChI is InChI=1S/C11H17N3O2S/c1-8(15)4-2-3-7-17-11-13-12-10(16)14(11)9-5-6-9/h9H,2-7H2,1H3,(H,12,16). The number of carbonyl (C=O) groups excluding carboxylic acids is 1. The van der Waals surface area contributed by atoms with Crippen LogP contribution in [0.4, 0.5) is 0 Å². The van der Waals surface area contributed by atoms with Crippen molar-refractivity contribution < 1.29 is 4.79 Å². The third-order valence-corrected chi connectivity index (χ3v) is 3.78. The van der Waals surface area contributed by atoms with Gasteiger partial charge >= 0.3 is 5.69 Å². The second-order valence-electron chi connectivity index (χ2n) is 4.42. The fourth-order valence-electron chi connectivity index (χ4n) is 1.69. The average molecular weight is 255 g/mol. The predicted molar refractivity (Wildman–Crippen MR) is 66.4 cm³/mol. The monoisotopic (exact) mass is 255 g/mol. The largest absolute Gasteiger partial charge is 0.344 e. The molecule has 5 nitrogen and oxygen atoms in total. The molecule has 1 saturated carbocycles. The molecule has 1 aromatic heterocycles. The summed E-state index contributed by atoms with van der Waals surface area (Å²) in [6.07, 6.45) is 4.71. The number of thioether (sulfide) groups is 1. The maximum atomic E-state index is 11.5. The quantitative estimate of drug-likeness (QED) is 0.595. The molecule has 0 bridgehead atoms. The summed E-state index contributed by atoms with van der Waals surface area (Å²) in [5, 5.41) is 7.32. The predicted octanol–water partition coefficient (Wildman–Crippen LogP) is 1.76. The molecule has 1 aromatic rings. The van der Waals surface area contributed by atoms with Crippen LogP contribution in [-0.2, 0) is 4.79 Å². The molecule has 1 aliphatic carbocycles. The van der Waals surface area contributed by atoms with Crippen molar-refractivity contribution in [1.82, 2.24) is 14.8 Å². The summed E-state index contributed by atoms with van der Waals surface area (Å²) in [6.45, 7) is 1.62. The van der Waals surface area contributed by atoms with Crippen molar-refractivity contribution in [3.05, 3.63) is 10.5 Å². The number of nitrogens with one attached hydrogen (secondary N) is 1. The maximum absolute atomic E-state index is 11.5. The highest BCUT2D eigenvalue weighted by atomic mass is 32.2. The van der Waals surface area contributed by atoms with Gasteiger partial charge in [-0.1, -0.05) is 11.8 Å². The molecule has 6 heteroatoms. The lowest BCUT2D eigenvalue weighted by Crippen LogP contribution is -2.16. The van der Waals surface area contributed by atoms with E-state index >= 15 is 0 Å². The minimum atomic E-state index is -0.0984. The summed E-state index contributed by atoms with van der Waals surface area (Å²) in [4.78, 5) is 22.2. The van der Waals surface area contributed by atoms with Gasteiger partial charge in [-0.3, -0.25) is 4.57 Å². The molecule has 1 N–H and O–H groups in total. The van der Waals surface area contributed by atoms with Gasteiger partial charge in [0.25, 0.3) is 0 Å². The molecule has 0 aliphatic heterocycles. The number of ketones is 1. The van der Waals surface area contributed by atoms with Crippen LogP contribution in [-0.4, -0.2) is 26.3 Å². The van der Waals surface area contributed by atoms with E-state index < -0.39 is 0 Å². The van der Waals surface area contributed by atoms with Crippen LogP contribution in [0.25, 0.3) is 0 Å². The van der Waals surface area contributed by atoms with E-state index in [-0.39, 0.29) is 11.5 Å². The van der Waals surface area contributed by atoms with Gasteiger partial charge < -0.3 is 4.79 Å². The van der Waals surface area contributed by atoms with E-state index in [1.54, 1.807) is 23.3 Å². The summed E-state index contributed by atoms with van der Waals surface area (Å²) in [5.41, 5.74) is -0.0984. The zero-order valence-electron chi connectivity index (χ0n) is 9.94. The first-order valence-electron chi connectivity index (χ1n) is 5.97. The summed E-state index contributed by atoms with van der Waals surface area (Å²) >= 11 is 1.60. The summed E-state index contributed by atoms with van der Waals surface area (Å²) in [5.74, 6) is 1.15. The molecule has 94 valence electrons. The third-order valence-electron chi connectivity index (χ3n) is 2.74. The average Bonchev–Trinajstić information content (AvgIpc) is 3.03. The topological polar surface area (TPSA) is 67.8 Å². The Morgan fingerprint density at radius 2 is 2.29 bits per heavy atom. The Hall–Kier alpha value is -1.04. The van der Waals surface area contributed by atoms with Crippen molar-refractivity contribution in [2.24, 2.45) is 0 Å². The van der Waals surface area contributed by atoms with Gasteiger partial charge in [0.2, 0.25) is 0 Å². The number of rotatable bonds is 7. The van der Waals surface area contributed by atoms with Crippen LogP contribution in [0.3, 0.4) is 0 Å². The first kappa shape index (κ1) is 12.4. The minimum absolute atomic E-state index is 0.0984. The number of unbranched alkanes of at least 4 members (excludes halogenated alkanes) is 1. The lowest BCUT2D eigenvalue weighted by Gasteiger charge is -2.02. The van der Waals surface area contributed by atoms with Gasteiger partial charge in [0, 0.05) is 18.2 Å². The van der Waals surface area contributed by atoms with E-state index in [0.29, 0.717) is 12.5 Å². The van der Waals surface area contributed by atoms with Gasteiger partial charge in [0.15, 0.2) is 5.16 Å². The number of Topliss-reactive ketones (excluding diaryl/α,β-unsaturated/α-hetero) is 1. The minimum Gasteiger partial charge on any atom is -0.300 e. The van der Waals surface area contributed by atoms with Gasteiger partial charge in [-0.05, 0) is 32.6 Å². The van der Waals surface area contributed by atoms with Crippen molar-refractivity contribution >= 4 is 17.5 Å². The molecular weight excluding hydrogens is 238 g/mol. The van der Waals surface area contributed by atoms with Crippen molar-refractivity contribution in [3.8, 4) is 0 Å². The molecule has 17 heavy (non-hydrogen) atoms. The zero-order chi connectivity index (χ0) is 12.3. The normalized spacial score (nSPS) is 15.1. The van der Waals surface area contributed by atoms with Crippen LogP contribution >= 0.6 is 11.8 Å². The molecule has 0 radical (unpaired) electrons. The van der Waals surface area contributed by atoms with Crippen LogP contribution in [0.5, 0.6) is 0 Å². The van der Waals surface area contributed by atoms with E-state index in [2.05, 4.69) is 10.2 Å². The van der Waals surface area contributed by atoms with E-state index in [9.17, 15) is 9.59 Å². The summed E-state index contributed by atoms with van der Waals surface area (Å²) in [7, 11) is 0. The first-order valence-corrected chi connectivity index (χ1v) is 6.96. The fourth-order valence-corrected chi connectivity index (χ4v) is 2.70. The number of aromatic nitrogens is 3. The van der Waals surface area contributed by atoms with Crippen molar-refractivity contribution in [1.29, 1.82) is 0 Å². The van der Waals surface area contributed by atoms with Crippen LogP contribution in [0.2, 0.25) is 0 Å². The highest BCUT2D eigenvalue weighted by molar-refractivity contribution is 7.99. The molecule has 0 atom stereocenters. The smallest absolute Gasteiger partial charge is 0.300 e. The Labute approximate surface area is 104 Å². The number of H-pyrrole nitrogens is 1. The molecule has 0 unspecified atom stereocenters. The van der Waals surface area contributed by atoms with Gasteiger partial charge in [-0.25, -0.2) is 9.89 Å². The summed E-state index contributed by atoms with van der Waals surface area (Å²) in [6, 6.07) is 0.362. The second kappa shape index (κ2) is 5.53. The van der Waals surface area contributed by atoms with Crippen molar-refractivity contribution in [3.63, 3.8) is 0 Å². The number of nitrogens with zero attached hydrogens (tertiary/aromatic N) is 2. The van der Waals surface area contributed by atoms with Crippen molar-refractivity contribution in [2.45, 2.75) is 50.2 Å². The Morgan fingerprint density at radius 3 is 2.94 bits per heavy atom. The van der Waals surface area contributed by atoms with E-state index in [4.69, 9.17) is 0 Å². The maximum Gasteiger partial charge on any atom is 0.344 e. The first-order chi connectivity index (χ1) is 8.18. The number of aromatic amines is 1. The lowest BCUT2D eigenvalue weighted by atomic mass is 10.2. The summed E-state index contributed by atoms with van der Waals surface area (Å²) < 4.78 is 1.76. The Kier molecular flexibility index (Phi) is 4.04.